The summed E-state index contributed by atoms with van der Waals surface area (Å²) in [5, 5.41) is 0. The Bertz CT molecular complexity index is 605. The van der Waals surface area contributed by atoms with Crippen LogP contribution in [0.5, 0.6) is 0 Å². The first-order valence-electron chi connectivity index (χ1n) is 6.97. The molecule has 1 amide bonds. The van der Waals surface area contributed by atoms with Crippen LogP contribution >= 0.6 is 15.9 Å². The van der Waals surface area contributed by atoms with E-state index in [0.717, 1.165) is 15.6 Å². The number of halogens is 1. The van der Waals surface area contributed by atoms with Gasteiger partial charge < -0.3 is 4.90 Å². The van der Waals surface area contributed by atoms with Crippen molar-refractivity contribution in [1.82, 2.24) is 4.90 Å². The Labute approximate surface area is 134 Å². The molecule has 21 heavy (non-hydrogen) atoms. The van der Waals surface area contributed by atoms with Gasteiger partial charge in [-0.1, -0.05) is 58.4 Å². The summed E-state index contributed by atoms with van der Waals surface area (Å²) >= 11 is 3.42. The summed E-state index contributed by atoms with van der Waals surface area (Å²) in [6.45, 7) is 4.56. The third-order valence-electron chi connectivity index (χ3n) is 3.71. The van der Waals surface area contributed by atoms with E-state index in [1.807, 2.05) is 75.5 Å². The average molecular weight is 346 g/mol. The SMILES string of the molecule is CN(Cc1ccc(Br)cc1)C(=O)C(C)(C)c1ccccc1. The van der Waals surface area contributed by atoms with Gasteiger partial charge in [0, 0.05) is 18.1 Å². The normalized spacial score (nSPS) is 11.2. The second-order valence-corrected chi connectivity index (χ2v) is 6.69. The Morgan fingerprint density at radius 1 is 1.05 bits per heavy atom. The van der Waals surface area contributed by atoms with Gasteiger partial charge in [0.2, 0.25) is 5.91 Å². The summed E-state index contributed by atoms with van der Waals surface area (Å²) in [5.74, 6) is 0.122. The Hall–Kier alpha value is -1.61. The number of benzene rings is 2. The van der Waals surface area contributed by atoms with Gasteiger partial charge in [-0.2, -0.15) is 0 Å². The van der Waals surface area contributed by atoms with Crippen molar-refractivity contribution < 1.29 is 4.79 Å². The zero-order chi connectivity index (χ0) is 15.5. The minimum Gasteiger partial charge on any atom is -0.341 e. The molecule has 0 saturated heterocycles. The van der Waals surface area contributed by atoms with Gasteiger partial charge in [0.1, 0.15) is 0 Å². The third-order valence-corrected chi connectivity index (χ3v) is 4.24. The van der Waals surface area contributed by atoms with Gasteiger partial charge in [0.25, 0.3) is 0 Å². The highest BCUT2D eigenvalue weighted by Crippen LogP contribution is 2.25. The highest BCUT2D eigenvalue weighted by atomic mass is 79.9. The summed E-state index contributed by atoms with van der Waals surface area (Å²) in [7, 11) is 1.86. The molecule has 0 unspecified atom stereocenters. The number of carbonyl (C=O) groups is 1. The van der Waals surface area contributed by atoms with E-state index >= 15 is 0 Å². The van der Waals surface area contributed by atoms with Crippen molar-refractivity contribution in [2.75, 3.05) is 7.05 Å². The molecule has 2 aromatic carbocycles. The number of likely N-dealkylation sites (N-methyl/N-ethyl adjacent to an activating group) is 1. The first-order valence-corrected chi connectivity index (χ1v) is 7.76. The van der Waals surface area contributed by atoms with Gasteiger partial charge in [-0.05, 0) is 37.1 Å². The number of nitrogens with zero attached hydrogens (tertiary/aromatic N) is 1. The molecule has 0 fully saturated rings. The second kappa shape index (κ2) is 6.44. The van der Waals surface area contributed by atoms with Crippen LogP contribution in [0.1, 0.15) is 25.0 Å². The Morgan fingerprint density at radius 3 is 2.19 bits per heavy atom. The maximum atomic E-state index is 12.8. The van der Waals surface area contributed by atoms with Gasteiger partial charge in [0.05, 0.1) is 5.41 Å². The van der Waals surface area contributed by atoms with Crippen molar-refractivity contribution in [2.45, 2.75) is 25.8 Å². The number of carbonyl (C=O) groups excluding carboxylic acids is 1. The Balaban J connectivity index is 2.13. The van der Waals surface area contributed by atoms with Crippen LogP contribution in [0.15, 0.2) is 59.1 Å². The molecule has 2 nitrogen and oxygen atoms in total. The molecule has 0 atom stereocenters. The minimum atomic E-state index is -0.522. The van der Waals surface area contributed by atoms with Crippen molar-refractivity contribution in [3.63, 3.8) is 0 Å². The van der Waals surface area contributed by atoms with Gasteiger partial charge in [-0.15, -0.1) is 0 Å². The Morgan fingerprint density at radius 2 is 1.62 bits per heavy atom. The van der Waals surface area contributed by atoms with E-state index in [9.17, 15) is 4.79 Å². The number of amides is 1. The maximum Gasteiger partial charge on any atom is 0.232 e. The lowest BCUT2D eigenvalue weighted by Crippen LogP contribution is -2.40. The molecule has 2 rings (SSSR count). The lowest BCUT2D eigenvalue weighted by molar-refractivity contribution is -0.135. The molecule has 0 aliphatic rings. The van der Waals surface area contributed by atoms with E-state index in [0.29, 0.717) is 6.54 Å². The molecule has 110 valence electrons. The zero-order valence-corrected chi connectivity index (χ0v) is 14.2. The van der Waals surface area contributed by atoms with Gasteiger partial charge in [0.15, 0.2) is 0 Å². The molecule has 0 radical (unpaired) electrons. The molecule has 0 saturated carbocycles. The summed E-state index contributed by atoms with van der Waals surface area (Å²) in [6, 6.07) is 18.0. The van der Waals surface area contributed by atoms with E-state index < -0.39 is 5.41 Å². The van der Waals surface area contributed by atoms with Crippen molar-refractivity contribution in [2.24, 2.45) is 0 Å². The van der Waals surface area contributed by atoms with Crippen molar-refractivity contribution >= 4 is 21.8 Å². The highest BCUT2D eigenvalue weighted by Gasteiger charge is 2.32. The lowest BCUT2D eigenvalue weighted by Gasteiger charge is -2.30. The van der Waals surface area contributed by atoms with E-state index in [4.69, 9.17) is 0 Å². The van der Waals surface area contributed by atoms with Crippen LogP contribution < -0.4 is 0 Å². The standard InChI is InChI=1S/C18H20BrNO/c1-18(2,15-7-5-4-6-8-15)17(21)20(3)13-14-9-11-16(19)12-10-14/h4-12H,13H2,1-3H3. The molecule has 0 heterocycles. The van der Waals surface area contributed by atoms with Crippen LogP contribution in [-0.4, -0.2) is 17.9 Å². The number of rotatable bonds is 4. The fraction of sp³-hybridized carbons (Fsp3) is 0.278. The monoisotopic (exact) mass is 345 g/mol. The average Bonchev–Trinajstić information content (AvgIpc) is 2.49. The topological polar surface area (TPSA) is 20.3 Å². The molecule has 0 spiro atoms. The van der Waals surface area contributed by atoms with Gasteiger partial charge in [-0.25, -0.2) is 0 Å². The molecule has 0 bridgehead atoms. The van der Waals surface area contributed by atoms with Crippen LogP contribution in [0, 0.1) is 0 Å². The fourth-order valence-electron chi connectivity index (χ4n) is 2.39. The molecule has 0 aliphatic heterocycles. The summed E-state index contributed by atoms with van der Waals surface area (Å²) in [4.78, 5) is 14.5. The predicted octanol–water partition coefficient (Wildman–Crippen LogP) is 4.39. The smallest absolute Gasteiger partial charge is 0.232 e. The predicted molar refractivity (Wildman–Crippen MR) is 90.1 cm³/mol. The van der Waals surface area contributed by atoms with E-state index in [2.05, 4.69) is 15.9 Å². The zero-order valence-electron chi connectivity index (χ0n) is 12.6. The van der Waals surface area contributed by atoms with Crippen LogP contribution in [0.3, 0.4) is 0 Å². The minimum absolute atomic E-state index is 0.122. The molecular weight excluding hydrogens is 326 g/mol. The fourth-order valence-corrected chi connectivity index (χ4v) is 2.66. The largest absolute Gasteiger partial charge is 0.341 e. The van der Waals surface area contributed by atoms with Crippen LogP contribution in [-0.2, 0) is 16.8 Å². The first kappa shape index (κ1) is 15.8. The quantitative estimate of drug-likeness (QED) is 0.804. The molecule has 0 N–H and O–H groups in total. The first-order chi connectivity index (χ1) is 9.91. The van der Waals surface area contributed by atoms with Gasteiger partial charge in [-0.3, -0.25) is 4.79 Å². The third kappa shape index (κ3) is 3.73. The van der Waals surface area contributed by atoms with Crippen LogP contribution in [0.4, 0.5) is 0 Å². The summed E-state index contributed by atoms with van der Waals surface area (Å²) < 4.78 is 1.05. The van der Waals surface area contributed by atoms with E-state index in [-0.39, 0.29) is 5.91 Å². The van der Waals surface area contributed by atoms with E-state index in [1.54, 1.807) is 4.90 Å². The second-order valence-electron chi connectivity index (χ2n) is 5.78. The molecule has 0 aromatic heterocycles. The molecule has 0 aliphatic carbocycles. The van der Waals surface area contributed by atoms with E-state index in [1.165, 1.54) is 0 Å². The highest BCUT2D eigenvalue weighted by molar-refractivity contribution is 9.10. The number of hydrogen-bond acceptors (Lipinski definition) is 1. The summed E-state index contributed by atoms with van der Waals surface area (Å²) in [6.07, 6.45) is 0. The van der Waals surface area contributed by atoms with Crippen LogP contribution in [0.2, 0.25) is 0 Å². The lowest BCUT2D eigenvalue weighted by atomic mass is 9.83. The summed E-state index contributed by atoms with van der Waals surface area (Å²) in [5.41, 5.74) is 1.64. The van der Waals surface area contributed by atoms with Gasteiger partial charge >= 0.3 is 0 Å². The Kier molecular flexibility index (Phi) is 4.84. The van der Waals surface area contributed by atoms with Crippen molar-refractivity contribution in [3.8, 4) is 0 Å². The number of hydrogen-bond donors (Lipinski definition) is 0. The molecule has 2 aromatic rings. The maximum absolute atomic E-state index is 12.8. The van der Waals surface area contributed by atoms with Crippen molar-refractivity contribution in [3.05, 3.63) is 70.2 Å². The molecular formula is C18H20BrNO. The van der Waals surface area contributed by atoms with Crippen molar-refractivity contribution in [1.29, 1.82) is 0 Å². The molecule has 3 heteroatoms. The van der Waals surface area contributed by atoms with Crippen LogP contribution in [0.25, 0.3) is 0 Å².